The topological polar surface area (TPSA) is 33.0 Å². The first-order chi connectivity index (χ1) is 12.5. The van der Waals surface area contributed by atoms with Gasteiger partial charge in [-0.25, -0.2) is 0 Å². The van der Waals surface area contributed by atoms with Crippen LogP contribution >= 0.6 is 47.8 Å². The summed E-state index contributed by atoms with van der Waals surface area (Å²) in [5.74, 6) is 0.806. The number of unbranched alkanes of at least 4 members (excludes halogenated alkanes) is 3. The van der Waals surface area contributed by atoms with Gasteiger partial charge in [0.2, 0.25) is 0 Å². The Morgan fingerprint density at radius 1 is 1.04 bits per heavy atom. The summed E-state index contributed by atoms with van der Waals surface area (Å²) in [6, 6.07) is 13.9. The number of ether oxygens (including phenoxy) is 1. The molecule has 0 aliphatic rings. The molecule has 136 valence electrons. The van der Waals surface area contributed by atoms with Crippen LogP contribution in [0, 0.1) is 11.3 Å². The van der Waals surface area contributed by atoms with E-state index in [1.165, 1.54) is 19.3 Å². The van der Waals surface area contributed by atoms with Crippen LogP contribution in [0.4, 0.5) is 0 Å². The van der Waals surface area contributed by atoms with Crippen molar-refractivity contribution in [2.45, 2.75) is 32.6 Å². The Labute approximate surface area is 180 Å². The molecule has 0 aliphatic carbocycles. The monoisotopic (exact) mass is 539 g/mol. The average Bonchev–Trinajstić information content (AvgIpc) is 2.62. The summed E-state index contributed by atoms with van der Waals surface area (Å²) in [7, 11) is 0. The Morgan fingerprint density at radius 2 is 1.69 bits per heavy atom. The van der Waals surface area contributed by atoms with Gasteiger partial charge < -0.3 is 4.74 Å². The maximum atomic E-state index is 9.51. The third kappa shape index (κ3) is 6.26. The summed E-state index contributed by atoms with van der Waals surface area (Å²) in [5, 5.41) is 9.51. The molecule has 2 aromatic carbocycles. The summed E-state index contributed by atoms with van der Waals surface area (Å²) in [6.07, 6.45) is 6.57. The van der Waals surface area contributed by atoms with E-state index in [2.05, 4.69) is 60.8 Å². The van der Waals surface area contributed by atoms with Crippen molar-refractivity contribution in [3.05, 3.63) is 60.9 Å². The van der Waals surface area contributed by atoms with Crippen LogP contribution in [0.3, 0.4) is 0 Å². The van der Waals surface area contributed by atoms with Crippen LogP contribution in [-0.4, -0.2) is 6.61 Å². The lowest BCUT2D eigenvalue weighted by atomic mass is 10.0. The molecule has 5 heteroatoms. The molecule has 0 saturated carbocycles. The third-order valence-corrected chi connectivity index (χ3v) is 5.56. The van der Waals surface area contributed by atoms with Crippen molar-refractivity contribution in [1.82, 2.24) is 0 Å². The normalized spacial score (nSPS) is 11.3. The SMILES string of the molecule is CCCCCCOc1c(Br)cc(/C=C(\C#N)c2ccc(Br)cc2)cc1Br. The van der Waals surface area contributed by atoms with Gasteiger partial charge in [-0.1, -0.05) is 54.2 Å². The van der Waals surface area contributed by atoms with Crippen LogP contribution in [0.15, 0.2) is 49.8 Å². The fourth-order valence-corrected chi connectivity index (χ4v) is 4.20. The quantitative estimate of drug-likeness (QED) is 0.193. The standard InChI is InChI=1S/C21H20Br3NO/c1-2-3-4-5-10-26-21-19(23)12-15(13-20(21)24)11-17(14-25)16-6-8-18(22)9-7-16/h6-9,11-13H,2-5,10H2,1H3/b17-11+. The number of rotatable bonds is 8. The van der Waals surface area contributed by atoms with Crippen molar-refractivity contribution in [3.8, 4) is 11.8 Å². The zero-order valence-electron chi connectivity index (χ0n) is 14.6. The number of halogens is 3. The molecule has 0 bridgehead atoms. The molecule has 0 spiro atoms. The van der Waals surface area contributed by atoms with Gasteiger partial charge in [-0.15, -0.1) is 0 Å². The van der Waals surface area contributed by atoms with Gasteiger partial charge in [0.25, 0.3) is 0 Å². The van der Waals surface area contributed by atoms with Crippen LogP contribution in [-0.2, 0) is 0 Å². The molecule has 0 fully saturated rings. The zero-order chi connectivity index (χ0) is 18.9. The van der Waals surface area contributed by atoms with Gasteiger partial charge in [0.05, 0.1) is 27.2 Å². The van der Waals surface area contributed by atoms with E-state index in [1.54, 1.807) is 0 Å². The molecule has 26 heavy (non-hydrogen) atoms. The second kappa shape index (κ2) is 10.9. The fourth-order valence-electron chi connectivity index (χ4n) is 2.48. The number of nitrogens with zero attached hydrogens (tertiary/aromatic N) is 1. The summed E-state index contributed by atoms with van der Waals surface area (Å²) >= 11 is 10.6. The molecular weight excluding hydrogens is 522 g/mol. The van der Waals surface area contributed by atoms with E-state index in [4.69, 9.17) is 4.74 Å². The Hall–Kier alpha value is -1.09. The van der Waals surface area contributed by atoms with Crippen molar-refractivity contribution in [1.29, 1.82) is 5.26 Å². The highest BCUT2D eigenvalue weighted by Crippen LogP contribution is 2.36. The van der Waals surface area contributed by atoms with Gasteiger partial charge in [0, 0.05) is 4.47 Å². The van der Waals surface area contributed by atoms with Gasteiger partial charge in [-0.2, -0.15) is 5.26 Å². The van der Waals surface area contributed by atoms with Gasteiger partial charge in [0.1, 0.15) is 5.75 Å². The summed E-state index contributed by atoms with van der Waals surface area (Å²) in [5.41, 5.74) is 2.44. The first-order valence-corrected chi connectivity index (χ1v) is 10.9. The van der Waals surface area contributed by atoms with Gasteiger partial charge >= 0.3 is 0 Å². The first kappa shape index (κ1) is 21.2. The highest BCUT2D eigenvalue weighted by atomic mass is 79.9. The second-order valence-corrected chi connectivity index (χ2v) is 8.52. The Morgan fingerprint density at radius 3 is 2.27 bits per heavy atom. The second-order valence-electron chi connectivity index (χ2n) is 5.90. The third-order valence-electron chi connectivity index (χ3n) is 3.85. The molecule has 0 amide bonds. The first-order valence-electron chi connectivity index (χ1n) is 8.54. The molecule has 2 aromatic rings. The number of hydrogen-bond donors (Lipinski definition) is 0. The van der Waals surface area contributed by atoms with E-state index < -0.39 is 0 Å². The highest BCUT2D eigenvalue weighted by Gasteiger charge is 2.09. The van der Waals surface area contributed by atoms with E-state index in [0.717, 1.165) is 36.7 Å². The molecule has 0 saturated heterocycles. The van der Waals surface area contributed by atoms with Crippen LogP contribution in [0.25, 0.3) is 11.6 Å². The predicted molar refractivity (Wildman–Crippen MR) is 119 cm³/mol. The van der Waals surface area contributed by atoms with E-state index in [1.807, 2.05) is 42.5 Å². The summed E-state index contributed by atoms with van der Waals surface area (Å²) in [6.45, 7) is 2.90. The number of hydrogen-bond acceptors (Lipinski definition) is 2. The summed E-state index contributed by atoms with van der Waals surface area (Å²) in [4.78, 5) is 0. The molecule has 0 heterocycles. The van der Waals surface area contributed by atoms with Crippen LogP contribution in [0.1, 0.15) is 43.7 Å². The minimum absolute atomic E-state index is 0.615. The lowest BCUT2D eigenvalue weighted by Gasteiger charge is -2.11. The number of benzene rings is 2. The molecule has 0 radical (unpaired) electrons. The van der Waals surface area contributed by atoms with Crippen LogP contribution in [0.5, 0.6) is 5.75 Å². The van der Waals surface area contributed by atoms with E-state index >= 15 is 0 Å². The molecular formula is C21H20Br3NO. The number of allylic oxidation sites excluding steroid dienone is 1. The van der Waals surface area contributed by atoms with Gasteiger partial charge in [-0.3, -0.25) is 0 Å². The average molecular weight is 542 g/mol. The van der Waals surface area contributed by atoms with E-state index in [9.17, 15) is 5.26 Å². The minimum atomic E-state index is 0.615. The van der Waals surface area contributed by atoms with Crippen molar-refractivity contribution < 1.29 is 4.74 Å². The molecule has 0 N–H and O–H groups in total. The number of nitriles is 1. The van der Waals surface area contributed by atoms with E-state index in [-0.39, 0.29) is 0 Å². The molecule has 0 atom stereocenters. The largest absolute Gasteiger partial charge is 0.491 e. The van der Waals surface area contributed by atoms with Crippen molar-refractivity contribution >= 4 is 59.4 Å². The lowest BCUT2D eigenvalue weighted by molar-refractivity contribution is 0.301. The van der Waals surface area contributed by atoms with E-state index in [0.29, 0.717) is 12.2 Å². The van der Waals surface area contributed by atoms with Crippen molar-refractivity contribution in [2.24, 2.45) is 0 Å². The maximum absolute atomic E-state index is 9.51. The molecule has 0 aliphatic heterocycles. The van der Waals surface area contributed by atoms with Gasteiger partial charge in [0.15, 0.2) is 0 Å². The molecule has 2 nitrogen and oxygen atoms in total. The predicted octanol–water partition coefficient (Wildman–Crippen LogP) is 8.00. The lowest BCUT2D eigenvalue weighted by Crippen LogP contribution is -1.99. The Kier molecular flexibility index (Phi) is 8.90. The molecule has 2 rings (SSSR count). The Balaban J connectivity index is 2.17. The minimum Gasteiger partial charge on any atom is -0.491 e. The smallest absolute Gasteiger partial charge is 0.147 e. The van der Waals surface area contributed by atoms with Crippen LogP contribution < -0.4 is 4.74 Å². The highest BCUT2D eigenvalue weighted by molar-refractivity contribution is 9.11. The molecule has 0 unspecified atom stereocenters. The summed E-state index contributed by atoms with van der Waals surface area (Å²) < 4.78 is 8.66. The maximum Gasteiger partial charge on any atom is 0.147 e. The van der Waals surface area contributed by atoms with Crippen molar-refractivity contribution in [2.75, 3.05) is 6.61 Å². The van der Waals surface area contributed by atoms with Crippen molar-refractivity contribution in [3.63, 3.8) is 0 Å². The van der Waals surface area contributed by atoms with Crippen LogP contribution in [0.2, 0.25) is 0 Å². The Bertz CT molecular complexity index is 784. The fraction of sp³-hybridized carbons (Fsp3) is 0.286. The molecule has 0 aromatic heterocycles. The van der Waals surface area contributed by atoms with Gasteiger partial charge in [-0.05, 0) is 79.7 Å². The zero-order valence-corrected chi connectivity index (χ0v) is 19.3.